The maximum atomic E-state index is 11.2. The molecule has 0 fully saturated rings. The molecule has 0 amide bonds. The van der Waals surface area contributed by atoms with E-state index in [-0.39, 0.29) is 0 Å². The van der Waals surface area contributed by atoms with Crippen molar-refractivity contribution in [1.82, 2.24) is 9.97 Å². The number of aromatic nitrogens is 2. The lowest BCUT2D eigenvalue weighted by Gasteiger charge is -2.14. The molecule has 0 aliphatic rings. The first-order chi connectivity index (χ1) is 6.41. The molecule has 1 aromatic rings. The summed E-state index contributed by atoms with van der Waals surface area (Å²) in [6.07, 6.45) is 4.92. The van der Waals surface area contributed by atoms with E-state index in [4.69, 9.17) is 11.6 Å². The lowest BCUT2D eigenvalue weighted by molar-refractivity contribution is 0.583. The standard InChI is InChI=1S/C8H13ClN2O2S/c1-6(14(2,12)13)7(9)5-8-10-3-4-11-8/h3-4,6-7H,5H2,1-2H3,(H,10,11). The molecule has 0 radical (unpaired) electrons. The summed E-state index contributed by atoms with van der Waals surface area (Å²) in [6.45, 7) is 1.61. The van der Waals surface area contributed by atoms with Crippen molar-refractivity contribution in [2.75, 3.05) is 6.26 Å². The number of hydrogen-bond acceptors (Lipinski definition) is 3. The minimum Gasteiger partial charge on any atom is -0.349 e. The first-order valence-corrected chi connectivity index (χ1v) is 6.61. The number of sulfone groups is 1. The number of alkyl halides is 1. The van der Waals surface area contributed by atoms with Gasteiger partial charge in [-0.05, 0) is 6.92 Å². The molecule has 1 aromatic heterocycles. The first kappa shape index (κ1) is 11.5. The summed E-state index contributed by atoms with van der Waals surface area (Å²) < 4.78 is 22.4. The lowest BCUT2D eigenvalue weighted by Crippen LogP contribution is -2.28. The Kier molecular flexibility index (Phi) is 3.55. The summed E-state index contributed by atoms with van der Waals surface area (Å²) in [7, 11) is -3.08. The van der Waals surface area contributed by atoms with Gasteiger partial charge in [-0.1, -0.05) is 0 Å². The molecule has 2 unspecified atom stereocenters. The molecule has 0 saturated carbocycles. The SMILES string of the molecule is CC(C(Cl)Cc1ncc[nH]1)S(C)(=O)=O. The highest BCUT2D eigenvalue weighted by Gasteiger charge is 2.24. The molecule has 14 heavy (non-hydrogen) atoms. The third-order valence-corrected chi connectivity index (χ3v) is 4.49. The van der Waals surface area contributed by atoms with Crippen molar-refractivity contribution in [2.24, 2.45) is 0 Å². The third-order valence-electron chi connectivity index (χ3n) is 2.13. The molecule has 1 heterocycles. The van der Waals surface area contributed by atoms with Crippen LogP contribution in [0.5, 0.6) is 0 Å². The van der Waals surface area contributed by atoms with Gasteiger partial charge < -0.3 is 4.98 Å². The van der Waals surface area contributed by atoms with Gasteiger partial charge in [-0.25, -0.2) is 13.4 Å². The van der Waals surface area contributed by atoms with Gasteiger partial charge >= 0.3 is 0 Å². The van der Waals surface area contributed by atoms with Gasteiger partial charge in [0, 0.05) is 25.1 Å². The van der Waals surface area contributed by atoms with Crippen molar-refractivity contribution in [3.63, 3.8) is 0 Å². The Morgan fingerprint density at radius 2 is 2.29 bits per heavy atom. The van der Waals surface area contributed by atoms with E-state index in [1.165, 1.54) is 6.26 Å². The predicted molar refractivity (Wildman–Crippen MR) is 56.2 cm³/mol. The molecule has 4 nitrogen and oxygen atoms in total. The van der Waals surface area contributed by atoms with Gasteiger partial charge in [0.15, 0.2) is 9.84 Å². The van der Waals surface area contributed by atoms with Crippen molar-refractivity contribution >= 4 is 21.4 Å². The topological polar surface area (TPSA) is 62.8 Å². The van der Waals surface area contributed by atoms with Crippen molar-refractivity contribution in [1.29, 1.82) is 0 Å². The molecule has 1 N–H and O–H groups in total. The summed E-state index contributed by atoms with van der Waals surface area (Å²) in [6, 6.07) is 0. The molecule has 0 aliphatic heterocycles. The number of aromatic amines is 1. The molecule has 0 saturated heterocycles. The van der Waals surface area contributed by atoms with Crippen LogP contribution in [-0.2, 0) is 16.3 Å². The molecule has 0 spiro atoms. The molecule has 2 atom stereocenters. The zero-order valence-electron chi connectivity index (χ0n) is 8.07. The van der Waals surface area contributed by atoms with Crippen LogP contribution in [-0.4, -0.2) is 35.3 Å². The summed E-state index contributed by atoms with van der Waals surface area (Å²) in [4.78, 5) is 6.87. The van der Waals surface area contributed by atoms with Crippen molar-refractivity contribution < 1.29 is 8.42 Å². The second-order valence-corrected chi connectivity index (χ2v) is 6.25. The molecular formula is C8H13ClN2O2S. The third kappa shape index (κ3) is 2.99. The highest BCUT2D eigenvalue weighted by atomic mass is 35.5. The van der Waals surface area contributed by atoms with Crippen LogP contribution in [0.3, 0.4) is 0 Å². The fourth-order valence-electron chi connectivity index (χ4n) is 1.03. The number of nitrogens with one attached hydrogen (secondary N) is 1. The van der Waals surface area contributed by atoms with E-state index in [0.29, 0.717) is 12.2 Å². The summed E-state index contributed by atoms with van der Waals surface area (Å²) in [5.41, 5.74) is 0. The van der Waals surface area contributed by atoms with Gasteiger partial charge in [0.1, 0.15) is 5.82 Å². The molecule has 80 valence electrons. The number of rotatable bonds is 4. The quantitative estimate of drug-likeness (QED) is 0.794. The monoisotopic (exact) mass is 236 g/mol. The average Bonchev–Trinajstić information content (AvgIpc) is 2.53. The summed E-state index contributed by atoms with van der Waals surface area (Å²) in [5.74, 6) is 0.709. The average molecular weight is 237 g/mol. The van der Waals surface area contributed by atoms with Crippen molar-refractivity contribution in [2.45, 2.75) is 24.0 Å². The number of imidazole rings is 1. The van der Waals surface area contributed by atoms with E-state index in [2.05, 4.69) is 9.97 Å². The fraction of sp³-hybridized carbons (Fsp3) is 0.625. The number of H-pyrrole nitrogens is 1. The molecular weight excluding hydrogens is 224 g/mol. The van der Waals surface area contributed by atoms with Gasteiger partial charge in [0.2, 0.25) is 0 Å². The van der Waals surface area contributed by atoms with E-state index in [9.17, 15) is 8.42 Å². The molecule has 0 aromatic carbocycles. The zero-order chi connectivity index (χ0) is 10.8. The smallest absolute Gasteiger partial charge is 0.151 e. The Morgan fingerprint density at radius 1 is 1.64 bits per heavy atom. The maximum Gasteiger partial charge on any atom is 0.151 e. The molecule has 0 aliphatic carbocycles. The van der Waals surface area contributed by atoms with E-state index in [1.54, 1.807) is 19.3 Å². The largest absolute Gasteiger partial charge is 0.349 e. The molecule has 1 rings (SSSR count). The lowest BCUT2D eigenvalue weighted by atomic mass is 10.2. The van der Waals surface area contributed by atoms with E-state index in [0.717, 1.165) is 0 Å². The highest BCUT2D eigenvalue weighted by Crippen LogP contribution is 2.14. The Balaban J connectivity index is 2.63. The number of hydrogen-bond donors (Lipinski definition) is 1. The van der Waals surface area contributed by atoms with Crippen LogP contribution in [0.4, 0.5) is 0 Å². The Hall–Kier alpha value is -0.550. The number of nitrogens with zero attached hydrogens (tertiary/aromatic N) is 1. The second-order valence-electron chi connectivity index (χ2n) is 3.29. The maximum absolute atomic E-state index is 11.2. The van der Waals surface area contributed by atoms with Crippen LogP contribution >= 0.6 is 11.6 Å². The van der Waals surface area contributed by atoms with Gasteiger partial charge in [-0.2, -0.15) is 0 Å². The predicted octanol–water partition coefficient (Wildman–Crippen LogP) is 0.993. The van der Waals surface area contributed by atoms with Crippen LogP contribution in [0.2, 0.25) is 0 Å². The van der Waals surface area contributed by atoms with Gasteiger partial charge in [-0.3, -0.25) is 0 Å². The zero-order valence-corrected chi connectivity index (χ0v) is 9.64. The second kappa shape index (κ2) is 4.31. The Bertz CT molecular complexity index is 374. The van der Waals surface area contributed by atoms with Gasteiger partial charge in [-0.15, -0.1) is 11.6 Å². The van der Waals surface area contributed by atoms with Crippen LogP contribution < -0.4 is 0 Å². The Labute approximate surface area is 88.6 Å². The van der Waals surface area contributed by atoms with Gasteiger partial charge in [0.05, 0.1) is 10.6 Å². The van der Waals surface area contributed by atoms with Crippen molar-refractivity contribution in [3.8, 4) is 0 Å². The van der Waals surface area contributed by atoms with Crippen LogP contribution in [0, 0.1) is 0 Å². The summed E-state index contributed by atoms with van der Waals surface area (Å²) in [5, 5.41) is -1.01. The van der Waals surface area contributed by atoms with Gasteiger partial charge in [0.25, 0.3) is 0 Å². The van der Waals surface area contributed by atoms with E-state index >= 15 is 0 Å². The Morgan fingerprint density at radius 3 is 2.71 bits per heavy atom. The minimum absolute atomic E-state index is 0.433. The van der Waals surface area contributed by atoms with Crippen LogP contribution in [0.1, 0.15) is 12.7 Å². The van der Waals surface area contributed by atoms with Crippen LogP contribution in [0.25, 0.3) is 0 Å². The van der Waals surface area contributed by atoms with E-state index < -0.39 is 20.5 Å². The normalized spacial score (nSPS) is 16.5. The number of halogens is 1. The minimum atomic E-state index is -3.08. The summed E-state index contributed by atoms with van der Waals surface area (Å²) >= 11 is 5.97. The first-order valence-electron chi connectivity index (χ1n) is 4.22. The molecule has 0 bridgehead atoms. The van der Waals surface area contributed by atoms with Crippen LogP contribution in [0.15, 0.2) is 12.4 Å². The van der Waals surface area contributed by atoms with E-state index in [1.807, 2.05) is 0 Å². The highest BCUT2D eigenvalue weighted by molar-refractivity contribution is 7.91. The molecule has 6 heteroatoms. The fourth-order valence-corrected chi connectivity index (χ4v) is 2.37. The van der Waals surface area contributed by atoms with Crippen molar-refractivity contribution in [3.05, 3.63) is 18.2 Å².